The van der Waals surface area contributed by atoms with Crippen molar-refractivity contribution in [2.75, 3.05) is 0 Å². The van der Waals surface area contributed by atoms with E-state index in [1.807, 2.05) is 13.8 Å². The van der Waals surface area contributed by atoms with E-state index < -0.39 is 4.92 Å². The molecule has 2 rings (SSSR count). The zero-order valence-electron chi connectivity index (χ0n) is 11.2. The third kappa shape index (κ3) is 2.91. The highest BCUT2D eigenvalue weighted by Gasteiger charge is 2.23. The second-order valence-electron chi connectivity index (χ2n) is 4.64. The highest BCUT2D eigenvalue weighted by molar-refractivity contribution is 6.32. The molecule has 0 saturated carbocycles. The van der Waals surface area contributed by atoms with Gasteiger partial charge in [-0.25, -0.2) is 0 Å². The van der Waals surface area contributed by atoms with E-state index >= 15 is 0 Å². The highest BCUT2D eigenvalue weighted by atomic mass is 35.5. The quantitative estimate of drug-likeness (QED) is 0.577. The Kier molecular flexibility index (Phi) is 4.25. The van der Waals surface area contributed by atoms with Crippen LogP contribution in [0.5, 0.6) is 11.5 Å². The Bertz CT molecular complexity index is 641. The molecular formula is C15H14ClNO3. The number of nitrogens with zero attached hydrogens (tertiary/aromatic N) is 1. The van der Waals surface area contributed by atoms with Gasteiger partial charge < -0.3 is 4.74 Å². The number of benzene rings is 2. The lowest BCUT2D eigenvalue weighted by Crippen LogP contribution is -2.00. The smallest absolute Gasteiger partial charge is 0.314 e. The summed E-state index contributed by atoms with van der Waals surface area (Å²) < 4.78 is 5.62. The van der Waals surface area contributed by atoms with E-state index in [-0.39, 0.29) is 17.4 Å². The minimum atomic E-state index is -0.415. The van der Waals surface area contributed by atoms with E-state index in [2.05, 4.69) is 0 Å². The zero-order chi connectivity index (χ0) is 14.7. The SMILES string of the molecule is CC(C)c1cccc(Oc2ccccc2Cl)c1[N+](=O)[O-]. The molecule has 0 bridgehead atoms. The maximum atomic E-state index is 11.3. The number of ether oxygens (including phenoxy) is 1. The number of hydrogen-bond donors (Lipinski definition) is 0. The van der Waals surface area contributed by atoms with E-state index in [1.165, 1.54) is 0 Å². The molecular weight excluding hydrogens is 278 g/mol. The minimum Gasteiger partial charge on any atom is -0.449 e. The van der Waals surface area contributed by atoms with Crippen LogP contribution in [-0.4, -0.2) is 4.92 Å². The van der Waals surface area contributed by atoms with Crippen LogP contribution in [0.1, 0.15) is 25.3 Å². The standard InChI is InChI=1S/C15H14ClNO3/c1-10(2)11-6-5-9-14(15(11)17(18)19)20-13-8-4-3-7-12(13)16/h3-10H,1-2H3. The summed E-state index contributed by atoms with van der Waals surface area (Å²) in [6.07, 6.45) is 0. The summed E-state index contributed by atoms with van der Waals surface area (Å²) in [5, 5.41) is 11.7. The van der Waals surface area contributed by atoms with Crippen molar-refractivity contribution in [3.63, 3.8) is 0 Å². The van der Waals surface area contributed by atoms with E-state index in [1.54, 1.807) is 42.5 Å². The monoisotopic (exact) mass is 291 g/mol. The number of halogens is 1. The normalized spacial score (nSPS) is 10.6. The highest BCUT2D eigenvalue weighted by Crippen LogP contribution is 2.39. The van der Waals surface area contributed by atoms with Crippen LogP contribution in [0, 0.1) is 10.1 Å². The summed E-state index contributed by atoms with van der Waals surface area (Å²) in [4.78, 5) is 10.9. The molecule has 20 heavy (non-hydrogen) atoms. The first-order valence-electron chi connectivity index (χ1n) is 6.20. The Hall–Kier alpha value is -2.07. The molecule has 0 amide bonds. The second-order valence-corrected chi connectivity index (χ2v) is 5.05. The molecule has 104 valence electrons. The van der Waals surface area contributed by atoms with Crippen molar-refractivity contribution in [1.82, 2.24) is 0 Å². The first-order valence-corrected chi connectivity index (χ1v) is 6.58. The maximum absolute atomic E-state index is 11.3. The molecule has 0 spiro atoms. The topological polar surface area (TPSA) is 52.4 Å². The van der Waals surface area contributed by atoms with Crippen molar-refractivity contribution in [2.24, 2.45) is 0 Å². The van der Waals surface area contributed by atoms with Crippen LogP contribution in [-0.2, 0) is 0 Å². The van der Waals surface area contributed by atoms with Crippen molar-refractivity contribution >= 4 is 17.3 Å². The predicted molar refractivity (Wildman–Crippen MR) is 78.7 cm³/mol. The van der Waals surface area contributed by atoms with Crippen molar-refractivity contribution in [3.8, 4) is 11.5 Å². The maximum Gasteiger partial charge on any atom is 0.314 e. The van der Waals surface area contributed by atoms with Crippen molar-refractivity contribution < 1.29 is 9.66 Å². The van der Waals surface area contributed by atoms with Crippen LogP contribution in [0.4, 0.5) is 5.69 Å². The van der Waals surface area contributed by atoms with Crippen LogP contribution >= 0.6 is 11.6 Å². The second kappa shape index (κ2) is 5.92. The molecule has 0 N–H and O–H groups in total. The molecule has 0 radical (unpaired) electrons. The van der Waals surface area contributed by atoms with Gasteiger partial charge in [0.2, 0.25) is 5.75 Å². The lowest BCUT2D eigenvalue weighted by Gasteiger charge is -2.12. The van der Waals surface area contributed by atoms with Crippen LogP contribution in [0.25, 0.3) is 0 Å². The van der Waals surface area contributed by atoms with E-state index in [0.717, 1.165) is 0 Å². The lowest BCUT2D eigenvalue weighted by molar-refractivity contribution is -0.386. The van der Waals surface area contributed by atoms with Gasteiger partial charge in [-0.3, -0.25) is 10.1 Å². The van der Waals surface area contributed by atoms with Gasteiger partial charge in [-0.2, -0.15) is 0 Å². The molecule has 0 heterocycles. The molecule has 4 nitrogen and oxygen atoms in total. The fraction of sp³-hybridized carbons (Fsp3) is 0.200. The molecule has 2 aromatic rings. The molecule has 0 fully saturated rings. The van der Waals surface area contributed by atoms with E-state index in [0.29, 0.717) is 16.3 Å². The third-order valence-corrected chi connectivity index (χ3v) is 3.20. The fourth-order valence-electron chi connectivity index (χ4n) is 1.93. The zero-order valence-corrected chi connectivity index (χ0v) is 11.9. The van der Waals surface area contributed by atoms with Gasteiger partial charge in [0, 0.05) is 5.56 Å². The number of hydrogen-bond acceptors (Lipinski definition) is 3. The number of rotatable bonds is 4. The van der Waals surface area contributed by atoms with Crippen LogP contribution in [0.3, 0.4) is 0 Å². The average molecular weight is 292 g/mol. The van der Waals surface area contributed by atoms with E-state index in [4.69, 9.17) is 16.3 Å². The summed E-state index contributed by atoms with van der Waals surface area (Å²) in [7, 11) is 0. The first kappa shape index (κ1) is 14.3. The van der Waals surface area contributed by atoms with Gasteiger partial charge in [0.05, 0.1) is 9.95 Å². The van der Waals surface area contributed by atoms with Gasteiger partial charge in [0.15, 0.2) is 0 Å². The summed E-state index contributed by atoms with van der Waals surface area (Å²) in [6, 6.07) is 11.9. The predicted octanol–water partition coefficient (Wildman–Crippen LogP) is 5.16. The molecule has 0 aliphatic rings. The Morgan fingerprint density at radius 1 is 1.10 bits per heavy atom. The van der Waals surface area contributed by atoms with Crippen LogP contribution < -0.4 is 4.74 Å². The van der Waals surface area contributed by atoms with E-state index in [9.17, 15) is 10.1 Å². The summed E-state index contributed by atoms with van der Waals surface area (Å²) in [5.41, 5.74) is 0.627. The Morgan fingerprint density at radius 3 is 2.35 bits per heavy atom. The summed E-state index contributed by atoms with van der Waals surface area (Å²) in [5.74, 6) is 0.637. The van der Waals surface area contributed by atoms with Crippen molar-refractivity contribution in [1.29, 1.82) is 0 Å². The molecule has 0 aliphatic carbocycles. The number of nitro benzene ring substituents is 1. The Morgan fingerprint density at radius 2 is 1.75 bits per heavy atom. The van der Waals surface area contributed by atoms with Crippen molar-refractivity contribution in [3.05, 3.63) is 63.2 Å². The lowest BCUT2D eigenvalue weighted by atomic mass is 10.0. The minimum absolute atomic E-state index is 0.0116. The van der Waals surface area contributed by atoms with Crippen LogP contribution in [0.2, 0.25) is 5.02 Å². The van der Waals surface area contributed by atoms with Gasteiger partial charge in [-0.05, 0) is 24.1 Å². The largest absolute Gasteiger partial charge is 0.449 e. The molecule has 5 heteroatoms. The molecule has 2 aromatic carbocycles. The van der Waals surface area contributed by atoms with Gasteiger partial charge in [0.1, 0.15) is 5.75 Å². The molecule has 0 aromatic heterocycles. The Labute approximate surface area is 122 Å². The number of nitro groups is 1. The first-order chi connectivity index (χ1) is 9.50. The Balaban J connectivity index is 2.49. The molecule has 0 aliphatic heterocycles. The third-order valence-electron chi connectivity index (χ3n) is 2.89. The fourth-order valence-corrected chi connectivity index (χ4v) is 2.10. The summed E-state index contributed by atoms with van der Waals surface area (Å²) >= 11 is 6.01. The molecule has 0 unspecified atom stereocenters. The van der Waals surface area contributed by atoms with Gasteiger partial charge in [-0.15, -0.1) is 0 Å². The van der Waals surface area contributed by atoms with Crippen LogP contribution in [0.15, 0.2) is 42.5 Å². The number of para-hydroxylation sites is 2. The summed E-state index contributed by atoms with van der Waals surface area (Å²) in [6.45, 7) is 3.81. The van der Waals surface area contributed by atoms with Gasteiger partial charge >= 0.3 is 5.69 Å². The molecule has 0 saturated heterocycles. The van der Waals surface area contributed by atoms with Gasteiger partial charge in [-0.1, -0.05) is 49.7 Å². The average Bonchev–Trinajstić information content (AvgIpc) is 2.40. The van der Waals surface area contributed by atoms with Crippen molar-refractivity contribution in [2.45, 2.75) is 19.8 Å². The van der Waals surface area contributed by atoms with Gasteiger partial charge in [0.25, 0.3) is 0 Å². The molecule has 0 atom stereocenters.